The lowest BCUT2D eigenvalue weighted by Crippen LogP contribution is -2.43. The van der Waals surface area contributed by atoms with Crippen LogP contribution >= 0.6 is 11.8 Å². The van der Waals surface area contributed by atoms with Crippen LogP contribution in [-0.4, -0.2) is 48.9 Å². The first-order valence-electron chi connectivity index (χ1n) is 6.30. The topological polar surface area (TPSA) is 67.8 Å². The van der Waals surface area contributed by atoms with Crippen molar-refractivity contribution < 1.29 is 19.4 Å². The molecule has 112 valence electrons. The molecule has 0 aliphatic heterocycles. The van der Waals surface area contributed by atoms with E-state index in [0.29, 0.717) is 5.75 Å². The molecule has 6 heteroatoms. The largest absolute Gasteiger partial charge is 0.497 e. The fraction of sp³-hybridized carbons (Fsp3) is 0.500. The number of aliphatic hydroxyl groups excluding tert-OH is 1. The van der Waals surface area contributed by atoms with Gasteiger partial charge in [0, 0.05) is 11.3 Å². The molecule has 20 heavy (non-hydrogen) atoms. The molecule has 1 aromatic carbocycles. The van der Waals surface area contributed by atoms with Gasteiger partial charge in [0.25, 0.3) is 5.91 Å². The molecule has 0 heterocycles. The van der Waals surface area contributed by atoms with Gasteiger partial charge in [0.15, 0.2) is 6.61 Å². The number of amides is 1. The molecule has 2 unspecified atom stereocenters. The number of thioether (sulfide) groups is 1. The Bertz CT molecular complexity index is 406. The number of ether oxygens (including phenoxy) is 2. The molecule has 0 radical (unpaired) electrons. The number of methoxy groups -OCH3 is 1. The van der Waals surface area contributed by atoms with Crippen LogP contribution in [0, 0.1) is 0 Å². The molecule has 5 nitrogen and oxygen atoms in total. The Kier molecular flexibility index (Phi) is 7.25. The average Bonchev–Trinajstić information content (AvgIpc) is 2.47. The number of nitrogens with one attached hydrogen (secondary N) is 1. The van der Waals surface area contributed by atoms with Gasteiger partial charge in [-0.1, -0.05) is 0 Å². The smallest absolute Gasteiger partial charge is 0.258 e. The quantitative estimate of drug-likeness (QED) is 0.757. The van der Waals surface area contributed by atoms with Crippen LogP contribution in [0.3, 0.4) is 0 Å². The third-order valence-corrected chi connectivity index (χ3v) is 4.02. The summed E-state index contributed by atoms with van der Waals surface area (Å²) in [7, 11) is 1.59. The Labute approximate surface area is 123 Å². The van der Waals surface area contributed by atoms with Crippen molar-refractivity contribution in [3.05, 3.63) is 24.3 Å². The molecule has 0 aromatic heterocycles. The second-order valence-electron chi connectivity index (χ2n) is 4.28. The minimum Gasteiger partial charge on any atom is -0.497 e. The van der Waals surface area contributed by atoms with Gasteiger partial charge in [0.2, 0.25) is 0 Å². The Morgan fingerprint density at radius 2 is 1.95 bits per heavy atom. The van der Waals surface area contributed by atoms with Crippen molar-refractivity contribution >= 4 is 17.7 Å². The lowest BCUT2D eigenvalue weighted by molar-refractivity contribution is -0.123. The van der Waals surface area contributed by atoms with Crippen molar-refractivity contribution in [2.24, 2.45) is 0 Å². The van der Waals surface area contributed by atoms with E-state index in [1.165, 1.54) is 11.8 Å². The molecule has 0 fully saturated rings. The summed E-state index contributed by atoms with van der Waals surface area (Å²) in [5, 5.41) is 11.9. The molecule has 1 aromatic rings. The van der Waals surface area contributed by atoms with Crippen LogP contribution in [-0.2, 0) is 4.79 Å². The summed E-state index contributed by atoms with van der Waals surface area (Å²) < 4.78 is 10.4. The zero-order valence-corrected chi connectivity index (χ0v) is 12.8. The highest BCUT2D eigenvalue weighted by molar-refractivity contribution is 7.99. The molecule has 2 atom stereocenters. The number of aliphatic hydroxyl groups is 1. The number of carbonyl (C=O) groups excluding carboxylic acids is 1. The van der Waals surface area contributed by atoms with E-state index in [1.807, 2.05) is 13.2 Å². The van der Waals surface area contributed by atoms with Gasteiger partial charge in [-0.15, -0.1) is 0 Å². The zero-order valence-electron chi connectivity index (χ0n) is 12.0. The van der Waals surface area contributed by atoms with E-state index >= 15 is 0 Å². The SMILES string of the molecule is COc1ccc(OCC(=O)NC(C)C(CO)SC)cc1. The Hall–Kier alpha value is -1.40. The maximum atomic E-state index is 11.7. The van der Waals surface area contributed by atoms with E-state index < -0.39 is 0 Å². The summed E-state index contributed by atoms with van der Waals surface area (Å²) in [6.07, 6.45) is 1.90. The first kappa shape index (κ1) is 16.7. The highest BCUT2D eigenvalue weighted by Crippen LogP contribution is 2.16. The van der Waals surface area contributed by atoms with Crippen molar-refractivity contribution in [1.29, 1.82) is 0 Å². The summed E-state index contributed by atoms with van der Waals surface area (Å²) in [5.41, 5.74) is 0. The maximum absolute atomic E-state index is 11.7. The van der Waals surface area contributed by atoms with E-state index in [2.05, 4.69) is 5.32 Å². The van der Waals surface area contributed by atoms with Gasteiger partial charge in [-0.2, -0.15) is 11.8 Å². The van der Waals surface area contributed by atoms with Crippen LogP contribution in [0.25, 0.3) is 0 Å². The van der Waals surface area contributed by atoms with Crippen molar-refractivity contribution in [2.45, 2.75) is 18.2 Å². The van der Waals surface area contributed by atoms with Crippen molar-refractivity contribution in [1.82, 2.24) is 5.32 Å². The van der Waals surface area contributed by atoms with Gasteiger partial charge >= 0.3 is 0 Å². The Balaban J connectivity index is 2.38. The first-order valence-corrected chi connectivity index (χ1v) is 7.59. The third kappa shape index (κ3) is 5.30. The van der Waals surface area contributed by atoms with Gasteiger partial charge in [-0.05, 0) is 37.4 Å². The summed E-state index contributed by atoms with van der Waals surface area (Å²) in [6, 6.07) is 6.92. The second kappa shape index (κ2) is 8.71. The minimum absolute atomic E-state index is 0.0139. The van der Waals surface area contributed by atoms with Crippen molar-refractivity contribution in [3.63, 3.8) is 0 Å². The van der Waals surface area contributed by atoms with E-state index in [0.717, 1.165) is 5.75 Å². The van der Waals surface area contributed by atoms with Crippen LogP contribution in [0.5, 0.6) is 11.5 Å². The molecular formula is C14H21NO4S. The second-order valence-corrected chi connectivity index (χ2v) is 5.35. The minimum atomic E-state index is -0.208. The molecule has 0 spiro atoms. The summed E-state index contributed by atoms with van der Waals surface area (Å²) in [4.78, 5) is 11.7. The number of benzene rings is 1. The van der Waals surface area contributed by atoms with E-state index in [9.17, 15) is 4.79 Å². The van der Waals surface area contributed by atoms with E-state index in [1.54, 1.807) is 31.4 Å². The van der Waals surface area contributed by atoms with Gasteiger partial charge in [-0.3, -0.25) is 4.79 Å². The zero-order chi connectivity index (χ0) is 15.0. The monoisotopic (exact) mass is 299 g/mol. The normalized spacial score (nSPS) is 13.4. The van der Waals surface area contributed by atoms with Crippen LogP contribution in [0.4, 0.5) is 0 Å². The summed E-state index contributed by atoms with van der Waals surface area (Å²) >= 11 is 1.52. The van der Waals surface area contributed by atoms with Crippen molar-refractivity contribution in [2.75, 3.05) is 26.6 Å². The molecule has 0 aliphatic carbocycles. The third-order valence-electron chi connectivity index (χ3n) is 2.86. The van der Waals surface area contributed by atoms with Crippen LogP contribution < -0.4 is 14.8 Å². The molecule has 1 rings (SSSR count). The number of hydrogen-bond donors (Lipinski definition) is 2. The fourth-order valence-electron chi connectivity index (χ4n) is 1.65. The van der Waals surface area contributed by atoms with Gasteiger partial charge in [0.1, 0.15) is 11.5 Å². The molecule has 1 amide bonds. The lowest BCUT2D eigenvalue weighted by Gasteiger charge is -2.21. The maximum Gasteiger partial charge on any atom is 0.258 e. The van der Waals surface area contributed by atoms with Gasteiger partial charge in [0.05, 0.1) is 13.7 Å². The molecule has 0 saturated heterocycles. The highest BCUT2D eigenvalue weighted by atomic mass is 32.2. The van der Waals surface area contributed by atoms with E-state index in [-0.39, 0.29) is 30.4 Å². The Morgan fingerprint density at radius 3 is 2.45 bits per heavy atom. The van der Waals surface area contributed by atoms with Crippen molar-refractivity contribution in [3.8, 4) is 11.5 Å². The first-order chi connectivity index (χ1) is 9.60. The fourth-order valence-corrected chi connectivity index (χ4v) is 2.27. The number of rotatable bonds is 8. The number of hydrogen-bond acceptors (Lipinski definition) is 5. The lowest BCUT2D eigenvalue weighted by atomic mass is 10.2. The Morgan fingerprint density at radius 1 is 1.35 bits per heavy atom. The standard InChI is InChI=1S/C14H21NO4S/c1-10(13(8-16)20-3)15-14(17)9-19-12-6-4-11(18-2)5-7-12/h4-7,10,13,16H,8-9H2,1-3H3,(H,15,17). The predicted molar refractivity (Wildman–Crippen MR) is 80.5 cm³/mol. The molecule has 2 N–H and O–H groups in total. The van der Waals surface area contributed by atoms with E-state index in [4.69, 9.17) is 14.6 Å². The van der Waals surface area contributed by atoms with Crippen LogP contribution in [0.1, 0.15) is 6.92 Å². The molecule has 0 saturated carbocycles. The highest BCUT2D eigenvalue weighted by Gasteiger charge is 2.17. The van der Waals surface area contributed by atoms with Crippen LogP contribution in [0.15, 0.2) is 24.3 Å². The van der Waals surface area contributed by atoms with Gasteiger partial charge in [-0.25, -0.2) is 0 Å². The molecular weight excluding hydrogens is 278 g/mol. The molecule has 0 aliphatic rings. The summed E-state index contributed by atoms with van der Waals surface area (Å²) in [6.45, 7) is 1.84. The average molecular weight is 299 g/mol. The molecule has 0 bridgehead atoms. The summed E-state index contributed by atoms with van der Waals surface area (Å²) in [5.74, 6) is 1.14. The van der Waals surface area contributed by atoms with Crippen LogP contribution in [0.2, 0.25) is 0 Å². The predicted octanol–water partition coefficient (Wildman–Crippen LogP) is 1.30. The number of carbonyl (C=O) groups is 1. The van der Waals surface area contributed by atoms with Gasteiger partial charge < -0.3 is 19.9 Å².